The van der Waals surface area contributed by atoms with E-state index in [4.69, 9.17) is 5.73 Å². The Morgan fingerprint density at radius 2 is 2.10 bits per heavy atom. The van der Waals surface area contributed by atoms with E-state index in [0.29, 0.717) is 23.8 Å². The van der Waals surface area contributed by atoms with E-state index >= 15 is 0 Å². The molecule has 1 aliphatic carbocycles. The fourth-order valence-corrected chi connectivity index (χ4v) is 2.29. The van der Waals surface area contributed by atoms with Gasteiger partial charge in [-0.3, -0.25) is 14.2 Å². The first kappa shape index (κ1) is 12.7. The molecule has 3 rings (SSSR count). The summed E-state index contributed by atoms with van der Waals surface area (Å²) in [6, 6.07) is 9.44. The molecule has 0 aliphatic heterocycles. The van der Waals surface area contributed by atoms with Gasteiger partial charge in [0.15, 0.2) is 0 Å². The van der Waals surface area contributed by atoms with Crippen LogP contribution in [-0.2, 0) is 11.3 Å². The molecule has 104 valence electrons. The van der Waals surface area contributed by atoms with Gasteiger partial charge in [0.2, 0.25) is 5.91 Å². The molecule has 0 saturated heterocycles. The second-order valence-corrected chi connectivity index (χ2v) is 5.21. The molecule has 1 aromatic carbocycles. The highest BCUT2D eigenvalue weighted by atomic mass is 16.2. The molecule has 2 aromatic rings. The smallest absolute Gasteiger partial charge is 0.259 e. The molecular weight excluding hydrogens is 254 g/mol. The lowest BCUT2D eigenvalue weighted by Gasteiger charge is -2.11. The first-order valence-corrected chi connectivity index (χ1v) is 6.82. The minimum atomic E-state index is -0.139. The number of nitrogens with zero attached hydrogens (tertiary/aromatic N) is 1. The van der Waals surface area contributed by atoms with E-state index in [2.05, 4.69) is 5.32 Å². The van der Waals surface area contributed by atoms with Crippen molar-refractivity contribution in [3.8, 4) is 0 Å². The topological polar surface area (TPSA) is 77.1 Å². The number of nitrogen functional groups attached to an aromatic ring is 1. The Labute approximate surface area is 116 Å². The molecule has 0 bridgehead atoms. The molecule has 0 unspecified atom stereocenters. The zero-order valence-electron chi connectivity index (χ0n) is 11.1. The quantitative estimate of drug-likeness (QED) is 0.878. The number of hydrogen-bond acceptors (Lipinski definition) is 3. The van der Waals surface area contributed by atoms with E-state index < -0.39 is 0 Å². The molecule has 0 spiro atoms. The van der Waals surface area contributed by atoms with Crippen LogP contribution in [0.1, 0.15) is 19.3 Å². The summed E-state index contributed by atoms with van der Waals surface area (Å²) in [5, 5.41) is 4.36. The predicted molar refractivity (Wildman–Crippen MR) is 78.4 cm³/mol. The Balaban J connectivity index is 1.83. The van der Waals surface area contributed by atoms with E-state index in [1.54, 1.807) is 12.1 Å². The minimum Gasteiger partial charge on any atom is -0.385 e. The van der Waals surface area contributed by atoms with Gasteiger partial charge in [0.25, 0.3) is 5.56 Å². The molecule has 1 saturated carbocycles. The van der Waals surface area contributed by atoms with Gasteiger partial charge in [-0.05, 0) is 30.4 Å². The number of nitrogens with two attached hydrogens (primary N) is 1. The maximum Gasteiger partial charge on any atom is 0.259 e. The number of nitrogens with one attached hydrogen (secondary N) is 1. The van der Waals surface area contributed by atoms with Gasteiger partial charge in [0, 0.05) is 24.4 Å². The van der Waals surface area contributed by atoms with Crippen LogP contribution in [0.4, 0.5) is 5.82 Å². The van der Waals surface area contributed by atoms with Crippen LogP contribution in [0.3, 0.4) is 0 Å². The largest absolute Gasteiger partial charge is 0.385 e. The zero-order valence-corrected chi connectivity index (χ0v) is 11.1. The summed E-state index contributed by atoms with van der Waals surface area (Å²) in [5.74, 6) is 0.375. The van der Waals surface area contributed by atoms with Gasteiger partial charge in [-0.1, -0.05) is 18.2 Å². The fourth-order valence-electron chi connectivity index (χ4n) is 2.29. The van der Waals surface area contributed by atoms with Crippen molar-refractivity contribution in [3.63, 3.8) is 0 Å². The molecule has 1 aliphatic rings. The number of rotatable bonds is 4. The third-order valence-corrected chi connectivity index (χ3v) is 3.56. The van der Waals surface area contributed by atoms with Crippen LogP contribution >= 0.6 is 0 Å². The number of carbonyl (C=O) groups is 1. The number of carbonyl (C=O) groups excluding carboxylic acids is 1. The summed E-state index contributed by atoms with van der Waals surface area (Å²) in [5.41, 5.74) is 5.78. The maximum atomic E-state index is 12.3. The van der Waals surface area contributed by atoms with Crippen molar-refractivity contribution >= 4 is 22.5 Å². The number of pyridine rings is 1. The molecule has 1 aromatic heterocycles. The fraction of sp³-hybridized carbons (Fsp3) is 0.333. The first-order chi connectivity index (χ1) is 9.65. The summed E-state index contributed by atoms with van der Waals surface area (Å²) in [6.07, 6.45) is 2.40. The molecule has 1 amide bonds. The van der Waals surface area contributed by atoms with E-state index in [-0.39, 0.29) is 17.9 Å². The number of fused-ring (bicyclic) bond motifs is 1. The molecule has 1 fully saturated rings. The summed E-state index contributed by atoms with van der Waals surface area (Å²) >= 11 is 0. The lowest BCUT2D eigenvalue weighted by atomic mass is 10.1. The minimum absolute atomic E-state index is 0.0213. The van der Waals surface area contributed by atoms with Crippen LogP contribution in [0.15, 0.2) is 35.1 Å². The van der Waals surface area contributed by atoms with E-state index in [1.165, 1.54) is 4.57 Å². The van der Waals surface area contributed by atoms with Crippen LogP contribution < -0.4 is 16.6 Å². The number of hydrogen-bond donors (Lipinski definition) is 2. The van der Waals surface area contributed by atoms with Crippen molar-refractivity contribution in [2.45, 2.75) is 31.8 Å². The van der Waals surface area contributed by atoms with Crippen LogP contribution in [0.2, 0.25) is 0 Å². The van der Waals surface area contributed by atoms with Crippen molar-refractivity contribution in [1.82, 2.24) is 9.88 Å². The van der Waals surface area contributed by atoms with Gasteiger partial charge in [-0.2, -0.15) is 0 Å². The Morgan fingerprint density at radius 1 is 1.35 bits per heavy atom. The lowest BCUT2D eigenvalue weighted by molar-refractivity contribution is -0.121. The van der Waals surface area contributed by atoms with E-state index in [9.17, 15) is 9.59 Å². The van der Waals surface area contributed by atoms with E-state index in [0.717, 1.165) is 18.2 Å². The monoisotopic (exact) mass is 271 g/mol. The molecule has 1 heterocycles. The Bertz CT molecular complexity index is 717. The maximum absolute atomic E-state index is 12.3. The normalized spacial score (nSPS) is 14.4. The molecule has 5 heteroatoms. The number of amides is 1. The van der Waals surface area contributed by atoms with Crippen LogP contribution in [0.25, 0.3) is 10.8 Å². The Morgan fingerprint density at radius 3 is 2.85 bits per heavy atom. The summed E-state index contributed by atoms with van der Waals surface area (Å²) in [4.78, 5) is 24.0. The third-order valence-electron chi connectivity index (χ3n) is 3.56. The molecule has 3 N–H and O–H groups in total. The number of benzene rings is 1. The second-order valence-electron chi connectivity index (χ2n) is 5.21. The van der Waals surface area contributed by atoms with E-state index in [1.807, 2.05) is 18.2 Å². The van der Waals surface area contributed by atoms with Crippen molar-refractivity contribution in [3.05, 3.63) is 40.7 Å². The average Bonchev–Trinajstić information content (AvgIpc) is 3.22. The van der Waals surface area contributed by atoms with Crippen molar-refractivity contribution in [2.75, 3.05) is 5.73 Å². The SMILES string of the molecule is Nc1cc2ccccc2c(=O)n1CCC(=O)NC1CC1. The van der Waals surface area contributed by atoms with Crippen molar-refractivity contribution in [2.24, 2.45) is 0 Å². The summed E-state index contributed by atoms with van der Waals surface area (Å²) in [7, 11) is 0. The van der Waals surface area contributed by atoms with Gasteiger partial charge in [-0.15, -0.1) is 0 Å². The second kappa shape index (κ2) is 5.00. The van der Waals surface area contributed by atoms with Gasteiger partial charge in [-0.25, -0.2) is 0 Å². The zero-order chi connectivity index (χ0) is 14.1. The highest BCUT2D eigenvalue weighted by Gasteiger charge is 2.23. The standard InChI is InChI=1S/C15H17N3O2/c16-13-9-10-3-1-2-4-12(10)15(20)18(13)8-7-14(19)17-11-5-6-11/h1-4,9,11H,5-8,16H2,(H,17,19). The summed E-state index contributed by atoms with van der Waals surface area (Å²) in [6.45, 7) is 0.314. The third kappa shape index (κ3) is 2.52. The molecule has 0 atom stereocenters. The van der Waals surface area contributed by atoms with Crippen molar-refractivity contribution < 1.29 is 4.79 Å². The highest BCUT2D eigenvalue weighted by Crippen LogP contribution is 2.19. The van der Waals surface area contributed by atoms with Gasteiger partial charge >= 0.3 is 0 Å². The lowest BCUT2D eigenvalue weighted by Crippen LogP contribution is -2.29. The molecular formula is C15H17N3O2. The predicted octanol–water partition coefficient (Wildman–Crippen LogP) is 1.25. The van der Waals surface area contributed by atoms with Crippen molar-refractivity contribution in [1.29, 1.82) is 0 Å². The molecule has 20 heavy (non-hydrogen) atoms. The first-order valence-electron chi connectivity index (χ1n) is 6.82. The van der Waals surface area contributed by atoms with Crippen LogP contribution in [-0.4, -0.2) is 16.5 Å². The molecule has 5 nitrogen and oxygen atoms in total. The van der Waals surface area contributed by atoms with Crippen LogP contribution in [0, 0.1) is 0 Å². The summed E-state index contributed by atoms with van der Waals surface area (Å²) < 4.78 is 1.47. The Hall–Kier alpha value is -2.30. The van der Waals surface area contributed by atoms with Gasteiger partial charge < -0.3 is 11.1 Å². The van der Waals surface area contributed by atoms with Crippen LogP contribution in [0.5, 0.6) is 0 Å². The van der Waals surface area contributed by atoms with Gasteiger partial charge in [0.1, 0.15) is 5.82 Å². The van der Waals surface area contributed by atoms with Gasteiger partial charge in [0.05, 0.1) is 0 Å². The number of aromatic nitrogens is 1. The highest BCUT2D eigenvalue weighted by molar-refractivity contribution is 5.83. The average molecular weight is 271 g/mol. The molecule has 0 radical (unpaired) electrons. The Kier molecular flexibility index (Phi) is 3.18. The number of anilines is 1.